The van der Waals surface area contributed by atoms with Crippen molar-refractivity contribution in [3.8, 4) is 0 Å². The third-order valence-electron chi connectivity index (χ3n) is 3.57. The molecule has 128 valence electrons. The van der Waals surface area contributed by atoms with Crippen molar-refractivity contribution in [2.45, 2.75) is 19.4 Å². The maximum Gasteiger partial charge on any atom is 0.325 e. The average Bonchev–Trinajstić information content (AvgIpc) is 2.72. The fourth-order valence-corrected chi connectivity index (χ4v) is 2.75. The van der Waals surface area contributed by atoms with Crippen LogP contribution in [0.3, 0.4) is 0 Å². The van der Waals surface area contributed by atoms with Crippen molar-refractivity contribution in [2.24, 2.45) is 0 Å². The summed E-state index contributed by atoms with van der Waals surface area (Å²) in [6.07, 6.45) is 0. The first-order valence-corrected chi connectivity index (χ1v) is 8.05. The topological polar surface area (TPSA) is 108 Å². The second-order valence-electron chi connectivity index (χ2n) is 5.36. The number of amides is 6. The first-order chi connectivity index (χ1) is 11.3. The summed E-state index contributed by atoms with van der Waals surface area (Å²) in [5, 5.41) is 7.04. The van der Waals surface area contributed by atoms with Gasteiger partial charge in [-0.15, -0.1) is 0 Å². The van der Waals surface area contributed by atoms with Gasteiger partial charge in [-0.05, 0) is 31.5 Å². The average molecular weight is 397 g/mol. The molecule has 24 heavy (non-hydrogen) atoms. The van der Waals surface area contributed by atoms with E-state index in [0.29, 0.717) is 12.1 Å². The number of nitrogens with zero attached hydrogens (tertiary/aromatic N) is 1. The molecule has 1 aromatic rings. The minimum Gasteiger partial charge on any atom is -0.338 e. The number of imide groups is 2. The van der Waals surface area contributed by atoms with Crippen LogP contribution in [-0.2, 0) is 15.1 Å². The first kappa shape index (κ1) is 17.9. The monoisotopic (exact) mass is 396 g/mol. The molecule has 1 saturated heterocycles. The summed E-state index contributed by atoms with van der Waals surface area (Å²) < 4.78 is 0.760. The summed E-state index contributed by atoms with van der Waals surface area (Å²) in [5.41, 5.74) is -0.686. The lowest BCUT2D eigenvalue weighted by Gasteiger charge is -2.22. The molecule has 0 bridgehead atoms. The van der Waals surface area contributed by atoms with Gasteiger partial charge < -0.3 is 10.6 Å². The zero-order valence-corrected chi connectivity index (χ0v) is 14.8. The van der Waals surface area contributed by atoms with E-state index in [9.17, 15) is 19.2 Å². The molecule has 1 atom stereocenters. The van der Waals surface area contributed by atoms with Gasteiger partial charge in [0.15, 0.2) is 0 Å². The predicted molar refractivity (Wildman–Crippen MR) is 89.0 cm³/mol. The van der Waals surface area contributed by atoms with Crippen molar-refractivity contribution in [1.82, 2.24) is 20.9 Å². The second-order valence-corrected chi connectivity index (χ2v) is 6.28. The first-order valence-electron chi connectivity index (χ1n) is 7.25. The Balaban J connectivity index is 2.14. The van der Waals surface area contributed by atoms with Gasteiger partial charge in [-0.3, -0.25) is 19.8 Å². The molecule has 9 heteroatoms. The maximum atomic E-state index is 12.6. The molecule has 1 fully saturated rings. The van der Waals surface area contributed by atoms with E-state index in [-0.39, 0.29) is 0 Å². The van der Waals surface area contributed by atoms with Gasteiger partial charge in [0.1, 0.15) is 12.1 Å². The smallest absolute Gasteiger partial charge is 0.325 e. The van der Waals surface area contributed by atoms with Crippen LogP contribution < -0.4 is 16.0 Å². The largest absolute Gasteiger partial charge is 0.338 e. The van der Waals surface area contributed by atoms with Crippen LogP contribution in [0.1, 0.15) is 19.4 Å². The summed E-state index contributed by atoms with van der Waals surface area (Å²) in [7, 11) is 0. The molecule has 0 radical (unpaired) electrons. The number of carbonyl (C=O) groups is 4. The minimum atomic E-state index is -1.27. The SMILES string of the molecule is CCNC(=O)NC(=O)CN1C(=O)N[C@](C)(c2cccc(Br)c2)C1=O. The molecule has 6 amide bonds. The number of halogens is 1. The van der Waals surface area contributed by atoms with Gasteiger partial charge in [0.25, 0.3) is 5.91 Å². The number of rotatable bonds is 4. The molecular formula is C15H17BrN4O4. The van der Waals surface area contributed by atoms with Crippen LogP contribution in [0.4, 0.5) is 9.59 Å². The zero-order chi connectivity index (χ0) is 17.9. The van der Waals surface area contributed by atoms with Crippen molar-refractivity contribution in [3.63, 3.8) is 0 Å². The lowest BCUT2D eigenvalue weighted by Crippen LogP contribution is -2.46. The van der Waals surface area contributed by atoms with Crippen molar-refractivity contribution >= 4 is 39.8 Å². The summed E-state index contributed by atoms with van der Waals surface area (Å²) in [6.45, 7) is 3.08. The molecule has 0 saturated carbocycles. The van der Waals surface area contributed by atoms with Crippen LogP contribution in [-0.4, -0.2) is 41.9 Å². The molecule has 2 rings (SSSR count). The highest BCUT2D eigenvalue weighted by Crippen LogP contribution is 2.30. The predicted octanol–water partition coefficient (Wildman–Crippen LogP) is 1.06. The van der Waals surface area contributed by atoms with Gasteiger partial charge in [0.2, 0.25) is 5.91 Å². The van der Waals surface area contributed by atoms with Crippen LogP contribution in [0.2, 0.25) is 0 Å². The third kappa shape index (κ3) is 3.56. The van der Waals surface area contributed by atoms with Gasteiger partial charge in [0, 0.05) is 11.0 Å². The van der Waals surface area contributed by atoms with Crippen LogP contribution >= 0.6 is 15.9 Å². The number of carbonyl (C=O) groups excluding carboxylic acids is 4. The van der Waals surface area contributed by atoms with Crippen LogP contribution in [0.25, 0.3) is 0 Å². The highest BCUT2D eigenvalue weighted by atomic mass is 79.9. The Morgan fingerprint density at radius 2 is 2.04 bits per heavy atom. The minimum absolute atomic E-state index is 0.350. The van der Waals surface area contributed by atoms with E-state index in [1.165, 1.54) is 0 Å². The van der Waals surface area contributed by atoms with E-state index >= 15 is 0 Å². The van der Waals surface area contributed by atoms with Crippen LogP contribution in [0.5, 0.6) is 0 Å². The molecule has 1 aromatic carbocycles. The van der Waals surface area contributed by atoms with E-state index in [1.807, 2.05) is 0 Å². The third-order valence-corrected chi connectivity index (χ3v) is 4.06. The molecule has 1 aliphatic heterocycles. The molecule has 1 aliphatic rings. The Labute approximate surface area is 147 Å². The van der Waals surface area contributed by atoms with Gasteiger partial charge in [0.05, 0.1) is 0 Å². The Hall–Kier alpha value is -2.42. The van der Waals surface area contributed by atoms with Crippen molar-refractivity contribution in [2.75, 3.05) is 13.1 Å². The number of hydrogen-bond acceptors (Lipinski definition) is 4. The second kappa shape index (κ2) is 7.00. The van der Waals surface area contributed by atoms with E-state index in [2.05, 4.69) is 31.9 Å². The van der Waals surface area contributed by atoms with Crippen LogP contribution in [0.15, 0.2) is 28.7 Å². The van der Waals surface area contributed by atoms with Gasteiger partial charge >= 0.3 is 12.1 Å². The molecule has 0 aliphatic carbocycles. The molecular weight excluding hydrogens is 380 g/mol. The number of benzene rings is 1. The van der Waals surface area contributed by atoms with E-state index in [1.54, 1.807) is 38.1 Å². The summed E-state index contributed by atoms with van der Waals surface area (Å²) >= 11 is 3.32. The van der Waals surface area contributed by atoms with Crippen LogP contribution in [0, 0.1) is 0 Å². The standard InChI is InChI=1S/C15H17BrN4O4/c1-3-17-13(23)18-11(21)8-20-12(22)15(2,19-14(20)24)9-5-4-6-10(16)7-9/h4-7H,3,8H2,1-2H3,(H,19,24)(H2,17,18,21,23)/t15-/m1/s1. The normalized spacial score (nSPS) is 19.9. The molecule has 8 nitrogen and oxygen atoms in total. The van der Waals surface area contributed by atoms with Gasteiger partial charge in [-0.25, -0.2) is 9.59 Å². The molecule has 3 N–H and O–H groups in total. The zero-order valence-electron chi connectivity index (χ0n) is 13.2. The Kier molecular flexibility index (Phi) is 5.23. The maximum absolute atomic E-state index is 12.6. The van der Waals surface area contributed by atoms with E-state index < -0.39 is 36.0 Å². The fourth-order valence-electron chi connectivity index (χ4n) is 2.35. The Bertz CT molecular complexity index is 708. The number of nitrogens with one attached hydrogen (secondary N) is 3. The van der Waals surface area contributed by atoms with Crippen molar-refractivity contribution < 1.29 is 19.2 Å². The highest BCUT2D eigenvalue weighted by molar-refractivity contribution is 9.10. The Morgan fingerprint density at radius 3 is 2.67 bits per heavy atom. The van der Waals surface area contributed by atoms with Crippen molar-refractivity contribution in [1.29, 1.82) is 0 Å². The summed E-state index contributed by atoms with van der Waals surface area (Å²) in [5.74, 6) is -1.31. The fraction of sp³-hybridized carbons (Fsp3) is 0.333. The van der Waals surface area contributed by atoms with Gasteiger partial charge in [-0.1, -0.05) is 28.1 Å². The Morgan fingerprint density at radius 1 is 1.33 bits per heavy atom. The van der Waals surface area contributed by atoms with E-state index in [0.717, 1.165) is 9.37 Å². The summed E-state index contributed by atoms with van der Waals surface area (Å²) in [4.78, 5) is 48.7. The molecule has 0 spiro atoms. The van der Waals surface area contributed by atoms with E-state index in [4.69, 9.17) is 0 Å². The quantitative estimate of drug-likeness (QED) is 0.661. The van der Waals surface area contributed by atoms with Crippen molar-refractivity contribution in [3.05, 3.63) is 34.3 Å². The summed E-state index contributed by atoms with van der Waals surface area (Å²) in [6, 6.07) is 5.61. The molecule has 1 heterocycles. The highest BCUT2D eigenvalue weighted by Gasteiger charge is 2.49. The van der Waals surface area contributed by atoms with Gasteiger partial charge in [-0.2, -0.15) is 0 Å². The number of hydrogen-bond donors (Lipinski definition) is 3. The molecule has 0 aromatic heterocycles. The lowest BCUT2D eigenvalue weighted by atomic mass is 9.92. The lowest BCUT2D eigenvalue weighted by molar-refractivity contribution is -0.134. The molecule has 0 unspecified atom stereocenters. The number of urea groups is 2.